The Bertz CT molecular complexity index is 278. The molecule has 0 aromatic heterocycles. The lowest BCUT2D eigenvalue weighted by Gasteiger charge is -2.34. The van der Waals surface area contributed by atoms with E-state index in [2.05, 4.69) is 27.7 Å². The number of carbonyl (C=O) groups is 1. The fraction of sp³-hybridized carbons (Fsp3) is 0.933. The zero-order chi connectivity index (χ0) is 13.3. The van der Waals surface area contributed by atoms with E-state index in [9.17, 15) is 4.79 Å². The van der Waals surface area contributed by atoms with Crippen molar-refractivity contribution in [2.45, 2.75) is 79.2 Å². The van der Waals surface area contributed by atoms with E-state index in [0.717, 1.165) is 19.3 Å². The molecule has 0 aliphatic heterocycles. The van der Waals surface area contributed by atoms with Gasteiger partial charge in [-0.3, -0.25) is 4.79 Å². The molecule has 2 heteroatoms. The van der Waals surface area contributed by atoms with Gasteiger partial charge in [-0.15, -0.1) is 0 Å². The molecule has 1 aliphatic rings. The maximum absolute atomic E-state index is 12.3. The van der Waals surface area contributed by atoms with Gasteiger partial charge in [-0.05, 0) is 58.3 Å². The van der Waals surface area contributed by atoms with Gasteiger partial charge in [0.1, 0.15) is 5.60 Å². The van der Waals surface area contributed by atoms with E-state index < -0.39 is 0 Å². The lowest BCUT2D eigenvalue weighted by Crippen LogP contribution is -2.37. The first kappa shape index (κ1) is 14.5. The van der Waals surface area contributed by atoms with E-state index in [1.54, 1.807) is 0 Å². The van der Waals surface area contributed by atoms with Crippen molar-refractivity contribution in [1.82, 2.24) is 0 Å². The van der Waals surface area contributed by atoms with Crippen molar-refractivity contribution < 1.29 is 9.53 Å². The molecule has 0 atom stereocenters. The summed E-state index contributed by atoms with van der Waals surface area (Å²) in [7, 11) is 0. The second-order valence-corrected chi connectivity index (χ2v) is 7.67. The summed E-state index contributed by atoms with van der Waals surface area (Å²) in [6.45, 7) is 12.6. The summed E-state index contributed by atoms with van der Waals surface area (Å²) < 4.78 is 5.77. The first-order valence-electron chi connectivity index (χ1n) is 6.78. The minimum Gasteiger partial charge on any atom is -0.459 e. The number of hydrogen-bond acceptors (Lipinski definition) is 2. The fourth-order valence-electron chi connectivity index (χ4n) is 2.98. The molecule has 0 aromatic carbocycles. The first-order valence-corrected chi connectivity index (χ1v) is 6.78. The van der Waals surface area contributed by atoms with Crippen LogP contribution in [-0.2, 0) is 9.53 Å². The Kier molecular flexibility index (Phi) is 3.95. The van der Waals surface area contributed by atoms with Gasteiger partial charge in [0, 0.05) is 0 Å². The molecule has 0 radical (unpaired) electrons. The average Bonchev–Trinajstić information content (AvgIpc) is 2.47. The van der Waals surface area contributed by atoms with Crippen LogP contribution in [0.3, 0.4) is 0 Å². The fourth-order valence-corrected chi connectivity index (χ4v) is 2.98. The predicted octanol–water partition coefficient (Wildman–Crippen LogP) is 4.32. The minimum atomic E-state index is -0.385. The van der Waals surface area contributed by atoms with E-state index in [1.165, 1.54) is 12.8 Å². The molecule has 1 saturated carbocycles. The summed E-state index contributed by atoms with van der Waals surface area (Å²) in [5, 5.41) is 0. The van der Waals surface area contributed by atoms with Crippen molar-refractivity contribution in [3.63, 3.8) is 0 Å². The van der Waals surface area contributed by atoms with Gasteiger partial charge in [-0.1, -0.05) is 20.8 Å². The van der Waals surface area contributed by atoms with Crippen LogP contribution in [0.2, 0.25) is 0 Å². The third-order valence-corrected chi connectivity index (χ3v) is 3.53. The summed E-state index contributed by atoms with van der Waals surface area (Å²) >= 11 is 0. The number of carbonyl (C=O) groups excluding carboxylic acids is 1. The van der Waals surface area contributed by atoms with Crippen molar-refractivity contribution in [3.8, 4) is 0 Å². The lowest BCUT2D eigenvalue weighted by atomic mass is 9.76. The van der Waals surface area contributed by atoms with Crippen molar-refractivity contribution in [2.75, 3.05) is 0 Å². The van der Waals surface area contributed by atoms with Crippen LogP contribution in [0.4, 0.5) is 0 Å². The average molecular weight is 240 g/mol. The molecule has 1 rings (SSSR count). The molecule has 0 aromatic rings. The molecule has 2 nitrogen and oxygen atoms in total. The highest BCUT2D eigenvalue weighted by molar-refractivity contribution is 5.76. The zero-order valence-electron chi connectivity index (χ0n) is 12.4. The molecule has 0 bridgehead atoms. The Hall–Kier alpha value is -0.530. The van der Waals surface area contributed by atoms with Gasteiger partial charge < -0.3 is 4.74 Å². The van der Waals surface area contributed by atoms with Crippen LogP contribution < -0.4 is 0 Å². The Morgan fingerprint density at radius 3 is 2.00 bits per heavy atom. The Morgan fingerprint density at radius 1 is 1.12 bits per heavy atom. The van der Waals surface area contributed by atoms with Crippen molar-refractivity contribution in [1.29, 1.82) is 0 Å². The molecule has 0 heterocycles. The Balaban J connectivity index is 2.62. The molecule has 0 amide bonds. The van der Waals surface area contributed by atoms with Crippen molar-refractivity contribution >= 4 is 5.97 Å². The van der Waals surface area contributed by atoms with Gasteiger partial charge in [-0.2, -0.15) is 0 Å². The molecular formula is C15H28O2. The smallest absolute Gasteiger partial charge is 0.312 e. The highest BCUT2D eigenvalue weighted by Gasteiger charge is 2.39. The van der Waals surface area contributed by atoms with Crippen molar-refractivity contribution in [3.05, 3.63) is 0 Å². The van der Waals surface area contributed by atoms with Gasteiger partial charge in [-0.25, -0.2) is 0 Å². The summed E-state index contributed by atoms with van der Waals surface area (Å²) in [6, 6.07) is 0. The van der Waals surface area contributed by atoms with Crippen LogP contribution in [0.15, 0.2) is 0 Å². The van der Waals surface area contributed by atoms with Gasteiger partial charge in [0.2, 0.25) is 0 Å². The summed E-state index contributed by atoms with van der Waals surface area (Å²) in [6.07, 6.45) is 5.26. The first-order chi connectivity index (χ1) is 7.54. The summed E-state index contributed by atoms with van der Waals surface area (Å²) in [5.74, 6) is -0.0307. The standard InChI is InChI=1S/C15H28O2/c1-13(2,3)11-14(4,5)12(16)17-15(6)9-7-8-10-15/h7-11H2,1-6H3. The third-order valence-electron chi connectivity index (χ3n) is 3.53. The topological polar surface area (TPSA) is 26.3 Å². The molecule has 0 spiro atoms. The lowest BCUT2D eigenvalue weighted by molar-refractivity contribution is -0.170. The van der Waals surface area contributed by atoms with E-state index in [0.29, 0.717) is 0 Å². The molecule has 1 aliphatic carbocycles. The quantitative estimate of drug-likeness (QED) is 0.686. The number of hydrogen-bond donors (Lipinski definition) is 0. The van der Waals surface area contributed by atoms with Gasteiger partial charge in [0.25, 0.3) is 0 Å². The van der Waals surface area contributed by atoms with E-state index in [4.69, 9.17) is 4.74 Å². The van der Waals surface area contributed by atoms with Crippen LogP contribution in [0.1, 0.15) is 73.6 Å². The molecular weight excluding hydrogens is 212 g/mol. The zero-order valence-corrected chi connectivity index (χ0v) is 12.4. The van der Waals surface area contributed by atoms with Crippen LogP contribution >= 0.6 is 0 Å². The highest BCUT2D eigenvalue weighted by Crippen LogP contribution is 2.38. The van der Waals surface area contributed by atoms with E-state index in [1.807, 2.05) is 13.8 Å². The SMILES string of the molecule is CC(C)(C)CC(C)(C)C(=O)OC1(C)CCCC1. The van der Waals surface area contributed by atoms with E-state index >= 15 is 0 Å². The Labute approximate surface area is 106 Å². The van der Waals surface area contributed by atoms with Crippen LogP contribution in [0.25, 0.3) is 0 Å². The number of rotatable bonds is 3. The molecule has 100 valence electrons. The molecule has 0 N–H and O–H groups in total. The van der Waals surface area contributed by atoms with Gasteiger partial charge in [0.05, 0.1) is 5.41 Å². The second kappa shape index (κ2) is 4.62. The highest BCUT2D eigenvalue weighted by atomic mass is 16.6. The number of esters is 1. The number of ether oxygens (including phenoxy) is 1. The van der Waals surface area contributed by atoms with E-state index in [-0.39, 0.29) is 22.4 Å². The van der Waals surface area contributed by atoms with Crippen molar-refractivity contribution in [2.24, 2.45) is 10.8 Å². The third kappa shape index (κ3) is 4.33. The normalized spacial score (nSPS) is 20.4. The molecule has 0 saturated heterocycles. The van der Waals surface area contributed by atoms with Gasteiger partial charge >= 0.3 is 5.97 Å². The largest absolute Gasteiger partial charge is 0.459 e. The van der Waals surface area contributed by atoms with Crippen LogP contribution in [0.5, 0.6) is 0 Å². The molecule has 0 unspecified atom stereocenters. The summed E-state index contributed by atoms with van der Waals surface area (Å²) in [5.41, 5.74) is -0.435. The van der Waals surface area contributed by atoms with Gasteiger partial charge in [0.15, 0.2) is 0 Å². The minimum absolute atomic E-state index is 0.0307. The second-order valence-electron chi connectivity index (χ2n) is 7.67. The predicted molar refractivity (Wildman–Crippen MR) is 70.8 cm³/mol. The summed E-state index contributed by atoms with van der Waals surface area (Å²) in [4.78, 5) is 12.3. The van der Waals surface area contributed by atoms with Crippen LogP contribution in [-0.4, -0.2) is 11.6 Å². The maximum Gasteiger partial charge on any atom is 0.312 e. The van der Waals surface area contributed by atoms with Crippen LogP contribution in [0, 0.1) is 10.8 Å². The maximum atomic E-state index is 12.3. The monoisotopic (exact) mass is 240 g/mol. The molecule has 17 heavy (non-hydrogen) atoms. The Morgan fingerprint density at radius 2 is 1.59 bits per heavy atom. The molecule has 1 fully saturated rings.